The third kappa shape index (κ3) is 2.75. The van der Waals surface area contributed by atoms with Crippen molar-refractivity contribution in [2.75, 3.05) is 6.61 Å². The fourth-order valence-corrected chi connectivity index (χ4v) is 2.84. The van der Waals surface area contributed by atoms with Crippen molar-refractivity contribution in [2.24, 2.45) is 11.7 Å². The molecule has 0 spiro atoms. The third-order valence-electron chi connectivity index (χ3n) is 2.89. The topological polar surface area (TPSA) is 46.2 Å². The number of benzene rings is 1. The van der Waals surface area contributed by atoms with Crippen molar-refractivity contribution < 1.29 is 9.50 Å². The van der Waals surface area contributed by atoms with Crippen LogP contribution in [0.3, 0.4) is 0 Å². The Kier molecular flexibility index (Phi) is 3.84. The van der Waals surface area contributed by atoms with Crippen molar-refractivity contribution in [1.82, 2.24) is 0 Å². The average molecular weight is 241 g/mol. The van der Waals surface area contributed by atoms with E-state index in [0.29, 0.717) is 10.8 Å². The van der Waals surface area contributed by atoms with Crippen molar-refractivity contribution in [3.05, 3.63) is 30.1 Å². The minimum atomic E-state index is -0.242. The predicted octanol–water partition coefficient (Wildman–Crippen LogP) is 2.02. The maximum atomic E-state index is 13.4. The molecule has 1 aliphatic carbocycles. The molecule has 2 rings (SSSR count). The van der Waals surface area contributed by atoms with Crippen molar-refractivity contribution >= 4 is 11.8 Å². The van der Waals surface area contributed by atoms with Crippen molar-refractivity contribution in [3.63, 3.8) is 0 Å². The summed E-state index contributed by atoms with van der Waals surface area (Å²) >= 11 is 1.34. The van der Waals surface area contributed by atoms with Gasteiger partial charge in [0.15, 0.2) is 0 Å². The molecule has 0 bridgehead atoms. The van der Waals surface area contributed by atoms with Gasteiger partial charge in [0.05, 0.1) is 6.61 Å². The van der Waals surface area contributed by atoms with Crippen LogP contribution < -0.4 is 5.73 Å². The van der Waals surface area contributed by atoms with Crippen LogP contribution in [0.25, 0.3) is 0 Å². The summed E-state index contributed by atoms with van der Waals surface area (Å²) in [5.41, 5.74) is 6.03. The molecule has 0 aliphatic heterocycles. The molecule has 2 nitrogen and oxygen atoms in total. The van der Waals surface area contributed by atoms with Gasteiger partial charge in [-0.15, -0.1) is 11.8 Å². The summed E-state index contributed by atoms with van der Waals surface area (Å²) in [7, 11) is 0. The smallest absolute Gasteiger partial charge is 0.136 e. The standard InChI is InChI=1S/C12H16FNOS/c13-9-3-1-2-4-10(9)16-11(7-15)12(14)8-5-6-8/h1-4,8,11-12,15H,5-7,14H2. The second-order valence-corrected chi connectivity index (χ2v) is 5.47. The number of hydrogen-bond donors (Lipinski definition) is 2. The van der Waals surface area contributed by atoms with Crippen LogP contribution in [-0.2, 0) is 0 Å². The zero-order valence-electron chi connectivity index (χ0n) is 8.97. The highest BCUT2D eigenvalue weighted by Crippen LogP contribution is 2.38. The van der Waals surface area contributed by atoms with Crippen LogP contribution in [0, 0.1) is 11.7 Å². The van der Waals surface area contributed by atoms with Crippen molar-refractivity contribution in [2.45, 2.75) is 29.0 Å². The first-order chi connectivity index (χ1) is 7.72. The Hall–Kier alpha value is -0.580. The summed E-state index contributed by atoms with van der Waals surface area (Å²) in [6, 6.07) is 6.58. The summed E-state index contributed by atoms with van der Waals surface area (Å²) in [5, 5.41) is 9.19. The number of halogens is 1. The van der Waals surface area contributed by atoms with E-state index in [4.69, 9.17) is 5.73 Å². The first-order valence-corrected chi connectivity index (χ1v) is 6.38. The van der Waals surface area contributed by atoms with E-state index in [1.54, 1.807) is 18.2 Å². The molecule has 1 aromatic rings. The van der Waals surface area contributed by atoms with Gasteiger partial charge in [0.1, 0.15) is 5.82 Å². The largest absolute Gasteiger partial charge is 0.395 e. The molecule has 0 saturated heterocycles. The number of hydrogen-bond acceptors (Lipinski definition) is 3. The molecule has 0 aromatic heterocycles. The highest BCUT2D eigenvalue weighted by Gasteiger charge is 2.34. The molecule has 0 amide bonds. The Bertz CT molecular complexity index is 357. The van der Waals surface area contributed by atoms with Gasteiger partial charge in [-0.2, -0.15) is 0 Å². The Morgan fingerprint density at radius 3 is 2.69 bits per heavy atom. The van der Waals surface area contributed by atoms with Crippen molar-refractivity contribution in [1.29, 1.82) is 0 Å². The van der Waals surface area contributed by atoms with Crippen LogP contribution in [0.15, 0.2) is 29.2 Å². The van der Waals surface area contributed by atoms with Crippen LogP contribution in [0.2, 0.25) is 0 Å². The summed E-state index contributed by atoms with van der Waals surface area (Å²) in [6.07, 6.45) is 2.27. The second kappa shape index (κ2) is 5.17. The highest BCUT2D eigenvalue weighted by molar-refractivity contribution is 8.00. The highest BCUT2D eigenvalue weighted by atomic mass is 32.2. The van der Waals surface area contributed by atoms with E-state index in [-0.39, 0.29) is 23.7 Å². The summed E-state index contributed by atoms with van der Waals surface area (Å²) in [6.45, 7) is -0.00331. The molecule has 1 aliphatic rings. The summed E-state index contributed by atoms with van der Waals surface area (Å²) < 4.78 is 13.4. The van der Waals surface area contributed by atoms with E-state index in [0.717, 1.165) is 12.8 Å². The lowest BCUT2D eigenvalue weighted by atomic mass is 10.1. The first kappa shape index (κ1) is 11.9. The molecule has 0 heterocycles. The van der Waals surface area contributed by atoms with Crippen molar-refractivity contribution in [3.8, 4) is 0 Å². The van der Waals surface area contributed by atoms with Crippen LogP contribution >= 0.6 is 11.8 Å². The van der Waals surface area contributed by atoms with Gasteiger partial charge < -0.3 is 10.8 Å². The molecule has 2 unspecified atom stereocenters. The van der Waals surface area contributed by atoms with Crippen LogP contribution in [-0.4, -0.2) is 23.0 Å². The minimum Gasteiger partial charge on any atom is -0.395 e. The fraction of sp³-hybridized carbons (Fsp3) is 0.500. The van der Waals surface area contributed by atoms with Gasteiger partial charge in [-0.25, -0.2) is 4.39 Å². The fourth-order valence-electron chi connectivity index (χ4n) is 1.73. The molecule has 1 fully saturated rings. The number of thioether (sulfide) groups is 1. The second-order valence-electron chi connectivity index (χ2n) is 4.18. The van der Waals surface area contributed by atoms with Gasteiger partial charge in [-0.05, 0) is 30.9 Å². The maximum absolute atomic E-state index is 13.4. The predicted molar refractivity (Wildman–Crippen MR) is 63.8 cm³/mol. The number of aliphatic hydroxyl groups is 1. The molecular weight excluding hydrogens is 225 g/mol. The molecule has 88 valence electrons. The maximum Gasteiger partial charge on any atom is 0.136 e. The summed E-state index contributed by atoms with van der Waals surface area (Å²) in [5.74, 6) is 0.269. The first-order valence-electron chi connectivity index (χ1n) is 5.50. The van der Waals surface area contributed by atoms with Gasteiger partial charge in [0.25, 0.3) is 0 Å². The van der Waals surface area contributed by atoms with E-state index in [9.17, 15) is 9.50 Å². The lowest BCUT2D eigenvalue weighted by molar-refractivity contribution is 0.277. The van der Waals surface area contributed by atoms with Crippen LogP contribution in [0.4, 0.5) is 4.39 Å². The Morgan fingerprint density at radius 2 is 2.12 bits per heavy atom. The zero-order chi connectivity index (χ0) is 11.5. The van der Waals surface area contributed by atoms with Gasteiger partial charge in [-0.3, -0.25) is 0 Å². The van der Waals surface area contributed by atoms with E-state index in [1.807, 2.05) is 0 Å². The molecule has 4 heteroatoms. The van der Waals surface area contributed by atoms with Gasteiger partial charge in [0, 0.05) is 16.2 Å². The van der Waals surface area contributed by atoms with Gasteiger partial charge in [0.2, 0.25) is 0 Å². The van der Waals surface area contributed by atoms with E-state index < -0.39 is 0 Å². The molecule has 1 aromatic carbocycles. The number of rotatable bonds is 5. The Balaban J connectivity index is 2.03. The molecule has 3 N–H and O–H groups in total. The molecule has 1 saturated carbocycles. The molecular formula is C12H16FNOS. The Labute approximate surface area is 99.0 Å². The summed E-state index contributed by atoms with van der Waals surface area (Å²) in [4.78, 5) is 0.567. The number of aliphatic hydroxyl groups excluding tert-OH is 1. The van der Waals surface area contributed by atoms with Gasteiger partial charge in [-0.1, -0.05) is 12.1 Å². The Morgan fingerprint density at radius 1 is 1.44 bits per heavy atom. The van der Waals surface area contributed by atoms with Gasteiger partial charge >= 0.3 is 0 Å². The zero-order valence-corrected chi connectivity index (χ0v) is 9.79. The third-order valence-corrected chi connectivity index (χ3v) is 4.24. The van der Waals surface area contributed by atoms with Crippen LogP contribution in [0.5, 0.6) is 0 Å². The van der Waals surface area contributed by atoms with E-state index in [2.05, 4.69) is 0 Å². The minimum absolute atomic E-state index is 0.00331. The molecule has 16 heavy (non-hydrogen) atoms. The quantitative estimate of drug-likeness (QED) is 0.775. The lowest BCUT2D eigenvalue weighted by Crippen LogP contribution is -2.36. The van der Waals surface area contributed by atoms with E-state index in [1.165, 1.54) is 17.8 Å². The molecule has 0 radical (unpaired) electrons. The van der Waals surface area contributed by atoms with E-state index >= 15 is 0 Å². The average Bonchev–Trinajstić information content (AvgIpc) is 3.11. The van der Waals surface area contributed by atoms with Crippen LogP contribution in [0.1, 0.15) is 12.8 Å². The SMILES string of the molecule is NC(C1CC1)C(CO)Sc1ccccc1F. The lowest BCUT2D eigenvalue weighted by Gasteiger charge is -2.21. The molecule has 2 atom stereocenters. The number of nitrogens with two attached hydrogens (primary N) is 1. The normalized spacial score (nSPS) is 19.4. The monoisotopic (exact) mass is 241 g/mol.